The summed E-state index contributed by atoms with van der Waals surface area (Å²) in [7, 11) is 4.85. The fourth-order valence-electron chi connectivity index (χ4n) is 1.11. The summed E-state index contributed by atoms with van der Waals surface area (Å²) in [6.07, 6.45) is 0. The van der Waals surface area contributed by atoms with Crippen LogP contribution in [-0.4, -0.2) is 48.6 Å². The van der Waals surface area contributed by atoms with Gasteiger partial charge in [-0.05, 0) is 0 Å². The predicted octanol–water partition coefficient (Wildman–Crippen LogP) is -0.142. The Hall–Kier alpha value is -0.341. The Morgan fingerprint density at radius 1 is 1.00 bits per heavy atom. The van der Waals surface area contributed by atoms with Crippen LogP contribution in [0, 0.1) is 0 Å². The van der Waals surface area contributed by atoms with Crippen LogP contribution in [0.4, 0.5) is 0 Å². The molecule has 0 radical (unpaired) electrons. The van der Waals surface area contributed by atoms with Crippen LogP contribution in [0.3, 0.4) is 0 Å². The second kappa shape index (κ2) is 5.52. The SMILES string of the molecule is COc1cc([Se][SeH])cc(OC)c1OC. The maximum atomic E-state index is 5.22. The second-order valence-electron chi connectivity index (χ2n) is 2.45. The zero-order valence-electron chi connectivity index (χ0n) is 8.23. The first-order valence-corrected chi connectivity index (χ1v) is 9.48. The van der Waals surface area contributed by atoms with Crippen LogP contribution < -0.4 is 18.7 Å². The zero-order chi connectivity index (χ0) is 10.6. The van der Waals surface area contributed by atoms with Crippen LogP contribution in [0.25, 0.3) is 0 Å². The molecular formula is C9H12O3Se2. The Kier molecular flexibility index (Phi) is 4.62. The van der Waals surface area contributed by atoms with E-state index in [0.29, 0.717) is 18.9 Å². The molecule has 1 aromatic carbocycles. The molecule has 0 atom stereocenters. The van der Waals surface area contributed by atoms with Crippen LogP contribution in [0.2, 0.25) is 0 Å². The predicted molar refractivity (Wildman–Crippen MR) is 58.6 cm³/mol. The topological polar surface area (TPSA) is 27.7 Å². The summed E-state index contributed by atoms with van der Waals surface area (Å²) in [4.78, 5) is 0. The molecule has 0 aliphatic carbocycles. The molecule has 3 nitrogen and oxygen atoms in total. The molecule has 0 bridgehead atoms. The molecule has 0 fully saturated rings. The molecule has 0 heterocycles. The molecule has 1 rings (SSSR count). The molecular weight excluding hydrogens is 314 g/mol. The molecule has 0 aromatic heterocycles. The van der Waals surface area contributed by atoms with Crippen LogP contribution in [0.5, 0.6) is 17.2 Å². The number of rotatable bonds is 4. The van der Waals surface area contributed by atoms with E-state index in [-0.39, 0.29) is 0 Å². The standard InChI is InChI=1S/C9H12O3Se2/c1-10-7-4-6(14-13)5-8(11-2)9(7)12-3/h4-5,13H,1-3H3. The Balaban J connectivity index is 3.24. The number of methoxy groups -OCH3 is 3. The second-order valence-corrected chi connectivity index (χ2v) is 5.81. The fraction of sp³-hybridized carbons (Fsp3) is 0.333. The minimum atomic E-state index is 0.361. The number of benzene rings is 1. The molecule has 78 valence electrons. The van der Waals surface area contributed by atoms with E-state index in [1.54, 1.807) is 21.3 Å². The van der Waals surface area contributed by atoms with Gasteiger partial charge in [-0.3, -0.25) is 0 Å². The third kappa shape index (κ3) is 2.37. The summed E-state index contributed by atoms with van der Waals surface area (Å²) in [5.41, 5.74) is 0. The van der Waals surface area contributed by atoms with Gasteiger partial charge in [-0.2, -0.15) is 0 Å². The summed E-state index contributed by atoms with van der Waals surface area (Å²) in [5, 5.41) is 0. The van der Waals surface area contributed by atoms with Gasteiger partial charge in [0.2, 0.25) is 0 Å². The fourth-order valence-corrected chi connectivity index (χ4v) is 2.93. The normalized spacial score (nSPS) is 9.71. The quantitative estimate of drug-likeness (QED) is 0.721. The van der Waals surface area contributed by atoms with Crippen LogP contribution in [0.15, 0.2) is 12.1 Å². The van der Waals surface area contributed by atoms with E-state index in [1.165, 1.54) is 4.46 Å². The van der Waals surface area contributed by atoms with Gasteiger partial charge >= 0.3 is 96.7 Å². The molecule has 0 saturated carbocycles. The van der Waals surface area contributed by atoms with Gasteiger partial charge in [0.25, 0.3) is 0 Å². The van der Waals surface area contributed by atoms with Crippen molar-refractivity contribution < 1.29 is 14.2 Å². The molecule has 0 saturated heterocycles. The number of hydrogen-bond acceptors (Lipinski definition) is 3. The molecule has 0 spiro atoms. The van der Waals surface area contributed by atoms with E-state index < -0.39 is 0 Å². The molecule has 0 aliphatic rings. The molecule has 5 heteroatoms. The van der Waals surface area contributed by atoms with Gasteiger partial charge in [0, 0.05) is 0 Å². The third-order valence-electron chi connectivity index (χ3n) is 1.74. The van der Waals surface area contributed by atoms with Crippen molar-refractivity contribution in [1.82, 2.24) is 0 Å². The van der Waals surface area contributed by atoms with Gasteiger partial charge in [-0.1, -0.05) is 0 Å². The average Bonchev–Trinajstić information content (AvgIpc) is 2.26. The van der Waals surface area contributed by atoms with E-state index in [2.05, 4.69) is 14.2 Å². The zero-order valence-corrected chi connectivity index (χ0v) is 11.8. The summed E-state index contributed by atoms with van der Waals surface area (Å²) >= 11 is 2.94. The molecule has 1 aromatic rings. The first kappa shape index (κ1) is 11.7. The van der Waals surface area contributed by atoms with E-state index in [0.717, 1.165) is 11.5 Å². The first-order chi connectivity index (χ1) is 6.76. The third-order valence-corrected chi connectivity index (χ3v) is 4.98. The minimum absolute atomic E-state index is 0.361. The van der Waals surface area contributed by atoms with Crippen molar-refractivity contribution in [3.8, 4) is 17.2 Å². The van der Waals surface area contributed by atoms with Gasteiger partial charge in [0.05, 0.1) is 0 Å². The van der Waals surface area contributed by atoms with E-state index >= 15 is 0 Å². The number of hydrogen-bond donors (Lipinski definition) is 0. The van der Waals surface area contributed by atoms with Gasteiger partial charge in [0.1, 0.15) is 0 Å². The summed E-state index contributed by atoms with van der Waals surface area (Å²) in [5.74, 6) is 2.08. The summed E-state index contributed by atoms with van der Waals surface area (Å²) in [6, 6.07) is 3.94. The molecule has 14 heavy (non-hydrogen) atoms. The first-order valence-electron chi connectivity index (χ1n) is 3.88. The molecule has 0 aliphatic heterocycles. The van der Waals surface area contributed by atoms with Crippen molar-refractivity contribution >= 4 is 31.8 Å². The van der Waals surface area contributed by atoms with Crippen molar-refractivity contribution in [3.05, 3.63) is 12.1 Å². The van der Waals surface area contributed by atoms with Crippen molar-refractivity contribution in [2.45, 2.75) is 0 Å². The molecule has 0 N–H and O–H groups in total. The van der Waals surface area contributed by atoms with Crippen LogP contribution in [-0.2, 0) is 0 Å². The van der Waals surface area contributed by atoms with Crippen LogP contribution >= 0.6 is 0 Å². The monoisotopic (exact) mass is 328 g/mol. The Labute approximate surface area is 96.6 Å². The van der Waals surface area contributed by atoms with Gasteiger partial charge in [-0.25, -0.2) is 0 Å². The van der Waals surface area contributed by atoms with Crippen molar-refractivity contribution in [3.63, 3.8) is 0 Å². The van der Waals surface area contributed by atoms with Gasteiger partial charge in [-0.15, -0.1) is 0 Å². The van der Waals surface area contributed by atoms with E-state index in [1.807, 2.05) is 12.1 Å². The van der Waals surface area contributed by atoms with Crippen molar-refractivity contribution in [1.29, 1.82) is 0 Å². The Bertz CT molecular complexity index is 290. The average molecular weight is 326 g/mol. The van der Waals surface area contributed by atoms with Gasteiger partial charge < -0.3 is 0 Å². The molecule has 0 amide bonds. The van der Waals surface area contributed by atoms with Gasteiger partial charge in [0.15, 0.2) is 0 Å². The van der Waals surface area contributed by atoms with Crippen molar-refractivity contribution in [2.24, 2.45) is 0 Å². The molecule has 0 unspecified atom stereocenters. The van der Waals surface area contributed by atoms with Crippen molar-refractivity contribution in [2.75, 3.05) is 21.3 Å². The summed E-state index contributed by atoms with van der Waals surface area (Å²) in [6.45, 7) is 0. The van der Waals surface area contributed by atoms with E-state index in [4.69, 9.17) is 14.2 Å². The summed E-state index contributed by atoms with van der Waals surface area (Å²) < 4.78 is 16.8. The Morgan fingerprint density at radius 3 is 1.79 bits per heavy atom. The maximum absolute atomic E-state index is 5.22. The Morgan fingerprint density at radius 2 is 1.50 bits per heavy atom. The number of ether oxygens (including phenoxy) is 3. The van der Waals surface area contributed by atoms with E-state index in [9.17, 15) is 0 Å². The van der Waals surface area contributed by atoms with Crippen LogP contribution in [0.1, 0.15) is 0 Å².